The van der Waals surface area contributed by atoms with Crippen molar-refractivity contribution in [3.05, 3.63) is 90.5 Å². The normalized spacial score (nSPS) is 16.4. The Hall–Kier alpha value is -3.14. The Morgan fingerprint density at radius 1 is 1.15 bits per heavy atom. The number of imidazole rings is 1. The average Bonchev–Trinajstić information content (AvgIpc) is 3.24. The smallest absolute Gasteiger partial charge is 0.255 e. The van der Waals surface area contributed by atoms with Crippen LogP contribution in [0.3, 0.4) is 0 Å². The predicted octanol–water partition coefficient (Wildman–Crippen LogP) is 4.95. The highest BCUT2D eigenvalue weighted by Crippen LogP contribution is 2.28. The number of benzene rings is 2. The van der Waals surface area contributed by atoms with Crippen molar-refractivity contribution in [2.24, 2.45) is 0 Å². The quantitative estimate of drug-likeness (QED) is 0.682. The van der Waals surface area contributed by atoms with Gasteiger partial charge in [0.2, 0.25) is 0 Å². The SMILES string of the molecule is O=C(Nc1cccc(-n2ccnc2)c1)c1cccc(C2C=CCCC2)c1. The van der Waals surface area contributed by atoms with Gasteiger partial charge >= 0.3 is 0 Å². The maximum Gasteiger partial charge on any atom is 0.255 e. The van der Waals surface area contributed by atoms with Gasteiger partial charge < -0.3 is 9.88 Å². The molecule has 0 fully saturated rings. The van der Waals surface area contributed by atoms with Crippen LogP contribution in [0.4, 0.5) is 5.69 Å². The lowest BCUT2D eigenvalue weighted by Crippen LogP contribution is -2.13. The van der Waals surface area contributed by atoms with E-state index in [1.54, 1.807) is 12.5 Å². The number of nitrogens with zero attached hydrogens (tertiary/aromatic N) is 2. The first-order valence-corrected chi connectivity index (χ1v) is 8.96. The van der Waals surface area contributed by atoms with E-state index in [0.717, 1.165) is 24.2 Å². The highest BCUT2D eigenvalue weighted by molar-refractivity contribution is 6.04. The van der Waals surface area contributed by atoms with Crippen LogP contribution in [0, 0.1) is 0 Å². The third-order valence-corrected chi connectivity index (χ3v) is 4.74. The second kappa shape index (κ2) is 7.40. The molecule has 2 aromatic carbocycles. The molecular formula is C22H21N3O. The van der Waals surface area contributed by atoms with E-state index in [2.05, 4.69) is 28.5 Å². The van der Waals surface area contributed by atoms with Crippen molar-refractivity contribution in [1.29, 1.82) is 0 Å². The van der Waals surface area contributed by atoms with E-state index in [-0.39, 0.29) is 5.91 Å². The second-order valence-corrected chi connectivity index (χ2v) is 6.57. The minimum Gasteiger partial charge on any atom is -0.322 e. The van der Waals surface area contributed by atoms with Crippen LogP contribution in [0.15, 0.2) is 79.4 Å². The molecule has 0 aliphatic heterocycles. The monoisotopic (exact) mass is 343 g/mol. The predicted molar refractivity (Wildman–Crippen MR) is 104 cm³/mol. The molecule has 1 heterocycles. The van der Waals surface area contributed by atoms with Crippen LogP contribution in [-0.4, -0.2) is 15.5 Å². The van der Waals surface area contributed by atoms with Crippen LogP contribution in [0.25, 0.3) is 5.69 Å². The molecule has 0 spiro atoms. The van der Waals surface area contributed by atoms with Gasteiger partial charge in [0.05, 0.1) is 6.33 Å². The lowest BCUT2D eigenvalue weighted by Gasteiger charge is -2.17. The fourth-order valence-corrected chi connectivity index (χ4v) is 3.36. The largest absolute Gasteiger partial charge is 0.322 e. The molecule has 0 saturated heterocycles. The number of aromatic nitrogens is 2. The van der Waals surface area contributed by atoms with Crippen molar-refractivity contribution in [2.45, 2.75) is 25.2 Å². The van der Waals surface area contributed by atoms with Crippen LogP contribution in [0.5, 0.6) is 0 Å². The van der Waals surface area contributed by atoms with Crippen LogP contribution in [0.1, 0.15) is 41.1 Å². The van der Waals surface area contributed by atoms with E-state index >= 15 is 0 Å². The van der Waals surface area contributed by atoms with Gasteiger partial charge in [0.15, 0.2) is 0 Å². The molecule has 1 aromatic heterocycles. The Bertz CT molecular complexity index is 928. The van der Waals surface area contributed by atoms with E-state index in [9.17, 15) is 4.79 Å². The van der Waals surface area contributed by atoms with Crippen LogP contribution in [0.2, 0.25) is 0 Å². The van der Waals surface area contributed by atoms with Gasteiger partial charge in [0.1, 0.15) is 0 Å². The molecule has 0 radical (unpaired) electrons. The number of nitrogens with one attached hydrogen (secondary N) is 1. The van der Waals surface area contributed by atoms with Gasteiger partial charge in [-0.2, -0.15) is 0 Å². The Labute approximate surface area is 153 Å². The highest BCUT2D eigenvalue weighted by Gasteiger charge is 2.13. The van der Waals surface area contributed by atoms with Crippen LogP contribution < -0.4 is 5.32 Å². The number of amides is 1. The molecule has 4 heteroatoms. The first kappa shape index (κ1) is 16.3. The number of carbonyl (C=O) groups is 1. The number of hydrogen-bond acceptors (Lipinski definition) is 2. The fraction of sp³-hybridized carbons (Fsp3) is 0.182. The summed E-state index contributed by atoms with van der Waals surface area (Å²) in [6, 6.07) is 15.7. The zero-order valence-corrected chi connectivity index (χ0v) is 14.5. The van der Waals surface area contributed by atoms with Crippen LogP contribution in [-0.2, 0) is 0 Å². The van der Waals surface area contributed by atoms with Gasteiger partial charge in [-0.05, 0) is 55.2 Å². The summed E-state index contributed by atoms with van der Waals surface area (Å²) < 4.78 is 1.91. The Balaban J connectivity index is 1.52. The van der Waals surface area contributed by atoms with Crippen molar-refractivity contribution in [1.82, 2.24) is 9.55 Å². The standard InChI is InChI=1S/C22H21N3O/c26-22(19-9-4-8-18(14-19)17-6-2-1-3-7-17)24-20-10-5-11-21(15-20)25-13-12-23-16-25/h2,4-6,8-17H,1,3,7H2,(H,24,26). The van der Waals surface area contributed by atoms with E-state index in [4.69, 9.17) is 0 Å². The number of rotatable bonds is 4. The number of hydrogen-bond donors (Lipinski definition) is 1. The lowest BCUT2D eigenvalue weighted by molar-refractivity contribution is 0.102. The summed E-state index contributed by atoms with van der Waals surface area (Å²) >= 11 is 0. The van der Waals surface area contributed by atoms with Crippen molar-refractivity contribution >= 4 is 11.6 Å². The molecule has 1 atom stereocenters. The maximum absolute atomic E-state index is 12.7. The van der Waals surface area contributed by atoms with E-state index in [0.29, 0.717) is 11.5 Å². The van der Waals surface area contributed by atoms with Crippen molar-refractivity contribution in [3.63, 3.8) is 0 Å². The van der Waals surface area contributed by atoms with Gasteiger partial charge in [-0.3, -0.25) is 4.79 Å². The van der Waals surface area contributed by atoms with Crippen LogP contribution >= 0.6 is 0 Å². The first-order valence-electron chi connectivity index (χ1n) is 8.96. The number of allylic oxidation sites excluding steroid dienone is 2. The van der Waals surface area contributed by atoms with E-state index in [1.807, 2.05) is 53.2 Å². The molecule has 3 aromatic rings. The van der Waals surface area contributed by atoms with Crippen molar-refractivity contribution in [2.75, 3.05) is 5.32 Å². The van der Waals surface area contributed by atoms with E-state index < -0.39 is 0 Å². The van der Waals surface area contributed by atoms with Crippen molar-refractivity contribution in [3.8, 4) is 5.69 Å². The summed E-state index contributed by atoms with van der Waals surface area (Å²) in [6.07, 6.45) is 13.4. The first-order chi connectivity index (χ1) is 12.8. The molecule has 1 aliphatic carbocycles. The molecule has 4 rings (SSSR count). The molecule has 1 N–H and O–H groups in total. The van der Waals surface area contributed by atoms with Crippen molar-refractivity contribution < 1.29 is 4.79 Å². The van der Waals surface area contributed by atoms with Gasteiger partial charge in [-0.1, -0.05) is 30.4 Å². The molecule has 0 bridgehead atoms. The number of anilines is 1. The Kier molecular flexibility index (Phi) is 4.65. The zero-order valence-electron chi connectivity index (χ0n) is 14.5. The summed E-state index contributed by atoms with van der Waals surface area (Å²) in [5.41, 5.74) is 3.63. The molecule has 1 amide bonds. The minimum atomic E-state index is -0.0885. The summed E-state index contributed by atoms with van der Waals surface area (Å²) in [5.74, 6) is 0.329. The Morgan fingerprint density at radius 2 is 2.08 bits per heavy atom. The Morgan fingerprint density at radius 3 is 2.88 bits per heavy atom. The lowest BCUT2D eigenvalue weighted by atomic mass is 9.88. The summed E-state index contributed by atoms with van der Waals surface area (Å²) in [6.45, 7) is 0. The highest BCUT2D eigenvalue weighted by atomic mass is 16.1. The molecule has 130 valence electrons. The summed E-state index contributed by atoms with van der Waals surface area (Å²) in [5, 5.41) is 3.00. The van der Waals surface area contributed by atoms with Gasteiger partial charge in [-0.15, -0.1) is 0 Å². The van der Waals surface area contributed by atoms with Gasteiger partial charge in [-0.25, -0.2) is 4.98 Å². The zero-order chi connectivity index (χ0) is 17.8. The third-order valence-electron chi connectivity index (χ3n) is 4.74. The second-order valence-electron chi connectivity index (χ2n) is 6.57. The molecular weight excluding hydrogens is 322 g/mol. The molecule has 4 nitrogen and oxygen atoms in total. The average molecular weight is 343 g/mol. The summed E-state index contributed by atoms with van der Waals surface area (Å²) in [7, 11) is 0. The topological polar surface area (TPSA) is 46.9 Å². The maximum atomic E-state index is 12.7. The fourth-order valence-electron chi connectivity index (χ4n) is 3.36. The molecule has 26 heavy (non-hydrogen) atoms. The molecule has 1 aliphatic rings. The molecule has 1 unspecified atom stereocenters. The van der Waals surface area contributed by atoms with Gasteiger partial charge in [0, 0.05) is 35.2 Å². The van der Waals surface area contributed by atoms with E-state index in [1.165, 1.54) is 12.0 Å². The minimum absolute atomic E-state index is 0.0885. The molecule has 0 saturated carbocycles. The third kappa shape index (κ3) is 3.59. The summed E-state index contributed by atoms with van der Waals surface area (Å²) in [4.78, 5) is 16.8. The van der Waals surface area contributed by atoms with Gasteiger partial charge in [0.25, 0.3) is 5.91 Å². The number of carbonyl (C=O) groups excluding carboxylic acids is 1.